The fraction of sp³-hybridized carbons (Fsp3) is 0.143. The van der Waals surface area contributed by atoms with Crippen LogP contribution in [0.3, 0.4) is 0 Å². The Morgan fingerprint density at radius 3 is 2.80 bits per heavy atom. The van der Waals surface area contributed by atoms with Gasteiger partial charge >= 0.3 is 5.69 Å². The maximum atomic E-state index is 11.7. The van der Waals surface area contributed by atoms with Gasteiger partial charge in [-0.2, -0.15) is 0 Å². The largest absolute Gasteiger partial charge is 0.385 e. The molecule has 0 atom stereocenters. The van der Waals surface area contributed by atoms with Gasteiger partial charge in [-0.25, -0.2) is 4.79 Å². The minimum atomic E-state index is -0.477. The summed E-state index contributed by atoms with van der Waals surface area (Å²) in [7, 11) is 0. The van der Waals surface area contributed by atoms with Crippen LogP contribution in [-0.4, -0.2) is 14.5 Å². The number of hydrogen-bond donors (Lipinski definition) is 3. The van der Waals surface area contributed by atoms with E-state index in [2.05, 4.69) is 9.97 Å². The van der Waals surface area contributed by atoms with Crippen molar-refractivity contribution in [3.8, 4) is 0 Å². The van der Waals surface area contributed by atoms with Crippen molar-refractivity contribution in [3.63, 3.8) is 0 Å². The lowest BCUT2D eigenvalue weighted by Crippen LogP contribution is -2.31. The van der Waals surface area contributed by atoms with Gasteiger partial charge in [0, 0.05) is 29.7 Å². The van der Waals surface area contributed by atoms with Crippen molar-refractivity contribution >= 4 is 16.7 Å². The van der Waals surface area contributed by atoms with E-state index in [-0.39, 0.29) is 5.82 Å². The first-order chi connectivity index (χ1) is 9.65. The molecule has 6 heteroatoms. The third-order valence-electron chi connectivity index (χ3n) is 3.35. The summed E-state index contributed by atoms with van der Waals surface area (Å²) in [5, 5.41) is 1.13. The molecule has 0 spiro atoms. The van der Waals surface area contributed by atoms with Gasteiger partial charge in [0.25, 0.3) is 5.56 Å². The number of anilines is 1. The number of benzene rings is 1. The number of nitrogens with zero attached hydrogens (tertiary/aromatic N) is 1. The van der Waals surface area contributed by atoms with Gasteiger partial charge in [0.05, 0.1) is 0 Å². The van der Waals surface area contributed by atoms with Crippen LogP contribution in [0.2, 0.25) is 0 Å². The Morgan fingerprint density at radius 1 is 1.20 bits per heavy atom. The lowest BCUT2D eigenvalue weighted by Gasteiger charge is -2.07. The monoisotopic (exact) mass is 270 g/mol. The minimum Gasteiger partial charge on any atom is -0.385 e. The number of aromatic amines is 2. The molecule has 6 nitrogen and oxygen atoms in total. The van der Waals surface area contributed by atoms with Crippen molar-refractivity contribution < 1.29 is 0 Å². The number of rotatable bonds is 3. The van der Waals surface area contributed by atoms with Crippen molar-refractivity contribution in [1.29, 1.82) is 0 Å². The smallest absolute Gasteiger partial charge is 0.329 e. The minimum absolute atomic E-state index is 0.179. The predicted octanol–water partition coefficient (Wildman–Crippen LogP) is 0.843. The maximum absolute atomic E-state index is 11.7. The molecule has 0 aliphatic heterocycles. The van der Waals surface area contributed by atoms with E-state index in [1.165, 1.54) is 10.6 Å². The average Bonchev–Trinajstić information content (AvgIpc) is 2.81. The van der Waals surface area contributed by atoms with E-state index in [1.807, 2.05) is 30.5 Å². The normalized spacial score (nSPS) is 11.0. The van der Waals surface area contributed by atoms with Crippen LogP contribution in [0.25, 0.3) is 10.9 Å². The average molecular weight is 270 g/mol. The number of nitrogens with one attached hydrogen (secondary N) is 2. The van der Waals surface area contributed by atoms with Gasteiger partial charge in [-0.3, -0.25) is 14.3 Å². The molecule has 4 N–H and O–H groups in total. The van der Waals surface area contributed by atoms with E-state index in [0.29, 0.717) is 13.0 Å². The molecule has 0 aliphatic carbocycles. The van der Waals surface area contributed by atoms with E-state index in [0.717, 1.165) is 16.5 Å². The molecular formula is C14H14N4O2. The molecule has 0 radical (unpaired) electrons. The zero-order valence-corrected chi connectivity index (χ0v) is 10.7. The Kier molecular flexibility index (Phi) is 2.90. The standard InChI is InChI=1S/C14H14N4O2/c15-12-7-13(19)17-14(20)18(12)6-5-9-8-16-11-4-2-1-3-10(9)11/h1-4,7-8,16H,5-6,15H2,(H,17,19,20). The quantitative estimate of drug-likeness (QED) is 0.658. The van der Waals surface area contributed by atoms with Crippen LogP contribution in [0.5, 0.6) is 0 Å². The molecule has 20 heavy (non-hydrogen) atoms. The number of hydrogen-bond acceptors (Lipinski definition) is 3. The van der Waals surface area contributed by atoms with Gasteiger partial charge in [-0.05, 0) is 18.1 Å². The third kappa shape index (κ3) is 2.11. The number of aryl methyl sites for hydroxylation is 1. The van der Waals surface area contributed by atoms with Gasteiger partial charge < -0.3 is 10.7 Å². The van der Waals surface area contributed by atoms with E-state index >= 15 is 0 Å². The summed E-state index contributed by atoms with van der Waals surface area (Å²) in [5.41, 5.74) is 6.93. The van der Waals surface area contributed by atoms with E-state index < -0.39 is 11.2 Å². The molecule has 0 fully saturated rings. The molecule has 0 unspecified atom stereocenters. The van der Waals surface area contributed by atoms with E-state index in [1.54, 1.807) is 0 Å². The molecule has 3 aromatic rings. The van der Waals surface area contributed by atoms with Crippen molar-refractivity contribution in [2.24, 2.45) is 0 Å². The fourth-order valence-electron chi connectivity index (χ4n) is 2.34. The topological polar surface area (TPSA) is 96.7 Å². The molecule has 1 aromatic carbocycles. The highest BCUT2D eigenvalue weighted by Crippen LogP contribution is 2.18. The number of aromatic nitrogens is 3. The highest BCUT2D eigenvalue weighted by Gasteiger charge is 2.06. The van der Waals surface area contributed by atoms with Crippen molar-refractivity contribution in [1.82, 2.24) is 14.5 Å². The lowest BCUT2D eigenvalue weighted by atomic mass is 10.1. The van der Waals surface area contributed by atoms with Gasteiger partial charge in [0.15, 0.2) is 0 Å². The number of para-hydroxylation sites is 1. The van der Waals surface area contributed by atoms with Gasteiger partial charge in [0.2, 0.25) is 0 Å². The highest BCUT2D eigenvalue weighted by molar-refractivity contribution is 5.82. The van der Waals surface area contributed by atoms with E-state index in [9.17, 15) is 9.59 Å². The van der Waals surface area contributed by atoms with Crippen LogP contribution >= 0.6 is 0 Å². The van der Waals surface area contributed by atoms with E-state index in [4.69, 9.17) is 5.73 Å². The molecule has 0 aliphatic rings. The molecule has 2 aromatic heterocycles. The highest BCUT2D eigenvalue weighted by atomic mass is 16.2. The Labute approximate surface area is 113 Å². The molecule has 0 amide bonds. The summed E-state index contributed by atoms with van der Waals surface area (Å²) >= 11 is 0. The Bertz CT molecular complexity index is 873. The molecule has 2 heterocycles. The summed E-state index contributed by atoms with van der Waals surface area (Å²) in [4.78, 5) is 28.2. The van der Waals surface area contributed by atoms with Crippen molar-refractivity contribution in [3.05, 3.63) is 62.9 Å². The molecule has 102 valence electrons. The molecule has 0 saturated heterocycles. The van der Waals surface area contributed by atoms with Crippen LogP contribution in [0, 0.1) is 0 Å². The van der Waals surface area contributed by atoms with Crippen LogP contribution in [-0.2, 0) is 13.0 Å². The van der Waals surface area contributed by atoms with Crippen molar-refractivity contribution in [2.45, 2.75) is 13.0 Å². The number of nitrogens with two attached hydrogens (primary N) is 1. The Hall–Kier alpha value is -2.76. The summed E-state index contributed by atoms with van der Waals surface area (Å²) < 4.78 is 1.36. The third-order valence-corrected chi connectivity index (χ3v) is 3.35. The van der Waals surface area contributed by atoms with Gasteiger partial charge in [-0.1, -0.05) is 18.2 Å². The van der Waals surface area contributed by atoms with Crippen LogP contribution < -0.4 is 17.0 Å². The summed E-state index contributed by atoms with van der Waals surface area (Å²) in [6.45, 7) is 0.420. The zero-order chi connectivity index (χ0) is 14.1. The fourth-order valence-corrected chi connectivity index (χ4v) is 2.34. The first-order valence-electron chi connectivity index (χ1n) is 6.30. The zero-order valence-electron chi connectivity index (χ0n) is 10.7. The SMILES string of the molecule is Nc1cc(=O)[nH]c(=O)n1CCc1c[nH]c2ccccc12. The lowest BCUT2D eigenvalue weighted by molar-refractivity contribution is 0.657. The summed E-state index contributed by atoms with van der Waals surface area (Å²) in [5.74, 6) is 0.179. The molecule has 3 rings (SSSR count). The second kappa shape index (κ2) is 4.73. The predicted molar refractivity (Wildman–Crippen MR) is 77.7 cm³/mol. The number of H-pyrrole nitrogens is 2. The van der Waals surface area contributed by atoms with Crippen molar-refractivity contribution in [2.75, 3.05) is 5.73 Å². The Balaban J connectivity index is 1.91. The van der Waals surface area contributed by atoms with Crippen LogP contribution in [0.1, 0.15) is 5.56 Å². The second-order valence-corrected chi connectivity index (χ2v) is 4.62. The second-order valence-electron chi connectivity index (χ2n) is 4.62. The Morgan fingerprint density at radius 2 is 2.00 bits per heavy atom. The first-order valence-corrected chi connectivity index (χ1v) is 6.30. The number of nitrogen functional groups attached to an aromatic ring is 1. The molecule has 0 saturated carbocycles. The first kappa shape index (κ1) is 12.3. The summed E-state index contributed by atoms with van der Waals surface area (Å²) in [6, 6.07) is 9.18. The number of fused-ring (bicyclic) bond motifs is 1. The summed E-state index contributed by atoms with van der Waals surface area (Å²) in [6.07, 6.45) is 2.58. The van der Waals surface area contributed by atoms with Gasteiger partial charge in [-0.15, -0.1) is 0 Å². The van der Waals surface area contributed by atoms with Gasteiger partial charge in [0.1, 0.15) is 5.82 Å². The molecular weight excluding hydrogens is 256 g/mol. The molecule has 0 bridgehead atoms. The van der Waals surface area contributed by atoms with Crippen LogP contribution in [0.15, 0.2) is 46.1 Å². The van der Waals surface area contributed by atoms with Crippen LogP contribution in [0.4, 0.5) is 5.82 Å². The maximum Gasteiger partial charge on any atom is 0.329 e.